The first kappa shape index (κ1) is 25.0. The number of amides is 1. The molecule has 2 aromatic carbocycles. The van der Waals surface area contributed by atoms with Gasteiger partial charge in [-0.3, -0.25) is 4.79 Å². The zero-order chi connectivity index (χ0) is 25.8. The molecule has 0 bridgehead atoms. The predicted molar refractivity (Wildman–Crippen MR) is 145 cm³/mol. The number of anilines is 2. The molecule has 1 amide bonds. The number of benzene rings is 2. The minimum atomic E-state index is -0.159. The van der Waals surface area contributed by atoms with Crippen LogP contribution in [0.25, 0.3) is 11.0 Å². The highest BCUT2D eigenvalue weighted by molar-refractivity contribution is 6.32. The normalized spacial score (nSPS) is 14.9. The van der Waals surface area contributed by atoms with Gasteiger partial charge >= 0.3 is 0 Å². The molecule has 1 aliphatic rings. The summed E-state index contributed by atoms with van der Waals surface area (Å²) >= 11 is 6.56. The van der Waals surface area contributed by atoms with E-state index in [1.807, 2.05) is 22.9 Å². The van der Waals surface area contributed by atoms with E-state index in [2.05, 4.69) is 27.5 Å². The highest BCUT2D eigenvalue weighted by atomic mass is 35.5. The average Bonchev–Trinajstić information content (AvgIpc) is 3.30. The molecule has 0 atom stereocenters. The maximum Gasteiger partial charge on any atom is 0.251 e. The number of halogens is 1. The van der Waals surface area contributed by atoms with E-state index < -0.39 is 0 Å². The molecule has 2 heterocycles. The number of carbonyl (C=O) groups is 1. The second-order valence-corrected chi connectivity index (χ2v) is 10.1. The van der Waals surface area contributed by atoms with Gasteiger partial charge in [0, 0.05) is 29.5 Å². The Morgan fingerprint density at radius 3 is 2.76 bits per heavy atom. The van der Waals surface area contributed by atoms with Gasteiger partial charge in [0.15, 0.2) is 5.82 Å². The van der Waals surface area contributed by atoms with Gasteiger partial charge in [-0.25, -0.2) is 9.97 Å². The Labute approximate surface area is 220 Å². The van der Waals surface area contributed by atoms with E-state index in [0.29, 0.717) is 34.4 Å². The minimum Gasteiger partial charge on any atom is -0.456 e. The molecule has 0 aliphatic heterocycles. The van der Waals surface area contributed by atoms with Crippen molar-refractivity contribution >= 4 is 40.0 Å². The lowest BCUT2D eigenvalue weighted by Crippen LogP contribution is -2.47. The van der Waals surface area contributed by atoms with Crippen LogP contribution in [0.4, 0.5) is 11.5 Å². The van der Waals surface area contributed by atoms with E-state index in [1.54, 1.807) is 36.4 Å². The number of ether oxygens (including phenoxy) is 1. The van der Waals surface area contributed by atoms with Crippen LogP contribution in [-0.4, -0.2) is 37.7 Å². The summed E-state index contributed by atoms with van der Waals surface area (Å²) in [6.07, 6.45) is 8.86. The van der Waals surface area contributed by atoms with Crippen LogP contribution < -0.4 is 15.4 Å². The Morgan fingerprint density at radius 2 is 1.97 bits per heavy atom. The van der Waals surface area contributed by atoms with E-state index in [-0.39, 0.29) is 18.1 Å². The molecule has 0 radical (unpaired) electrons. The lowest BCUT2D eigenvalue weighted by Gasteiger charge is -2.34. The maximum atomic E-state index is 12.9. The van der Waals surface area contributed by atoms with Crippen molar-refractivity contribution in [3.05, 3.63) is 71.6 Å². The largest absolute Gasteiger partial charge is 0.456 e. The summed E-state index contributed by atoms with van der Waals surface area (Å²) in [6, 6.07) is 14.4. The third-order valence-electron chi connectivity index (χ3n) is 6.78. The molecule has 5 rings (SSSR count). The zero-order valence-corrected chi connectivity index (χ0v) is 21.5. The van der Waals surface area contributed by atoms with Crippen LogP contribution in [0, 0.1) is 0 Å². The monoisotopic (exact) mass is 519 g/mol. The third kappa shape index (κ3) is 5.70. The summed E-state index contributed by atoms with van der Waals surface area (Å²) in [5.74, 6) is 1.52. The summed E-state index contributed by atoms with van der Waals surface area (Å²) in [5.41, 5.74) is 2.69. The summed E-state index contributed by atoms with van der Waals surface area (Å²) in [6.45, 7) is 2.57. The molecular weight excluding hydrogens is 490 g/mol. The summed E-state index contributed by atoms with van der Waals surface area (Å²) in [7, 11) is 0. The van der Waals surface area contributed by atoms with E-state index in [4.69, 9.17) is 16.3 Å². The Hall–Kier alpha value is -3.62. The van der Waals surface area contributed by atoms with Gasteiger partial charge in [0.25, 0.3) is 5.91 Å². The summed E-state index contributed by atoms with van der Waals surface area (Å²) < 4.78 is 7.93. The molecule has 8 nitrogen and oxygen atoms in total. The summed E-state index contributed by atoms with van der Waals surface area (Å²) in [4.78, 5) is 21.6. The Morgan fingerprint density at radius 1 is 1.14 bits per heavy atom. The lowest BCUT2D eigenvalue weighted by molar-refractivity contribution is 0.0882. The maximum absolute atomic E-state index is 12.9. The first-order chi connectivity index (χ1) is 17.9. The molecule has 1 aliphatic carbocycles. The number of aromatic nitrogens is 3. The van der Waals surface area contributed by atoms with E-state index in [0.717, 1.165) is 42.4 Å². The highest BCUT2D eigenvalue weighted by Gasteiger charge is 2.28. The molecule has 192 valence electrons. The first-order valence-corrected chi connectivity index (χ1v) is 12.9. The molecule has 2 aromatic heterocycles. The molecular formula is C28H30ClN5O3. The number of hydrogen-bond donors (Lipinski definition) is 3. The van der Waals surface area contributed by atoms with Crippen LogP contribution in [0.1, 0.15) is 49.4 Å². The number of nitrogens with zero attached hydrogens (tertiary/aromatic N) is 3. The second kappa shape index (κ2) is 10.8. The van der Waals surface area contributed by atoms with Crippen LogP contribution in [0.5, 0.6) is 11.5 Å². The van der Waals surface area contributed by atoms with Crippen molar-refractivity contribution < 1.29 is 14.6 Å². The summed E-state index contributed by atoms with van der Waals surface area (Å²) in [5, 5.41) is 16.3. The Balaban J connectivity index is 1.30. The van der Waals surface area contributed by atoms with Gasteiger partial charge in [-0.1, -0.05) is 36.9 Å². The van der Waals surface area contributed by atoms with Crippen molar-refractivity contribution in [2.24, 2.45) is 0 Å². The fourth-order valence-corrected chi connectivity index (χ4v) is 5.07. The average molecular weight is 520 g/mol. The van der Waals surface area contributed by atoms with E-state index in [1.165, 1.54) is 12.7 Å². The number of hydrogen-bond acceptors (Lipinski definition) is 6. The molecule has 0 spiro atoms. The second-order valence-electron chi connectivity index (χ2n) is 9.66. The molecule has 4 aromatic rings. The van der Waals surface area contributed by atoms with Gasteiger partial charge in [0.1, 0.15) is 23.3 Å². The van der Waals surface area contributed by atoms with Crippen LogP contribution in [0.15, 0.2) is 61.1 Å². The molecule has 1 fully saturated rings. The number of fused-ring (bicyclic) bond motifs is 1. The van der Waals surface area contributed by atoms with Crippen molar-refractivity contribution in [2.75, 3.05) is 11.9 Å². The smallest absolute Gasteiger partial charge is 0.251 e. The van der Waals surface area contributed by atoms with Crippen molar-refractivity contribution in [3.8, 4) is 11.5 Å². The van der Waals surface area contributed by atoms with Crippen molar-refractivity contribution in [2.45, 2.75) is 51.1 Å². The molecule has 0 unspecified atom stereocenters. The molecule has 0 saturated heterocycles. The number of carbonyl (C=O) groups excluding carboxylic acids is 1. The number of aliphatic hydroxyl groups excluding tert-OH is 1. The van der Waals surface area contributed by atoms with Gasteiger partial charge in [-0.15, -0.1) is 0 Å². The predicted octanol–water partition coefficient (Wildman–Crippen LogP) is 6.07. The van der Waals surface area contributed by atoms with Crippen molar-refractivity contribution in [1.82, 2.24) is 19.9 Å². The lowest BCUT2D eigenvalue weighted by atomic mass is 9.83. The number of aliphatic hydroxyl groups is 1. The molecule has 3 N–H and O–H groups in total. The standard InChI is InChI=1S/C28H30ClN5O3/c1-28(11-3-2-4-12-28)33-27(36)19-6-5-7-21(16-19)37-24-9-8-20(17-22(24)29)32-26-25-23(30-18-31-26)10-13-34(25)14-15-35/h5-10,13,16-18,35H,2-4,11-12,14-15H2,1H3,(H,33,36)(H,30,31,32). The number of nitrogens with one attached hydrogen (secondary N) is 2. The zero-order valence-electron chi connectivity index (χ0n) is 20.7. The van der Waals surface area contributed by atoms with Gasteiger partial charge in [-0.2, -0.15) is 0 Å². The minimum absolute atomic E-state index is 0.0121. The first-order valence-electron chi connectivity index (χ1n) is 12.5. The fraction of sp³-hybridized carbons (Fsp3) is 0.321. The molecule has 1 saturated carbocycles. The van der Waals surface area contributed by atoms with Crippen LogP contribution >= 0.6 is 11.6 Å². The fourth-order valence-electron chi connectivity index (χ4n) is 4.85. The van der Waals surface area contributed by atoms with Gasteiger partial charge in [0.05, 0.1) is 17.1 Å². The third-order valence-corrected chi connectivity index (χ3v) is 7.08. The van der Waals surface area contributed by atoms with Gasteiger partial charge < -0.3 is 25.0 Å². The Bertz CT molecular complexity index is 1410. The van der Waals surface area contributed by atoms with Crippen LogP contribution in [0.3, 0.4) is 0 Å². The van der Waals surface area contributed by atoms with Crippen LogP contribution in [-0.2, 0) is 6.54 Å². The highest BCUT2D eigenvalue weighted by Crippen LogP contribution is 2.34. The van der Waals surface area contributed by atoms with Gasteiger partial charge in [0.2, 0.25) is 0 Å². The topological polar surface area (TPSA) is 101 Å². The molecule has 37 heavy (non-hydrogen) atoms. The molecule has 9 heteroatoms. The van der Waals surface area contributed by atoms with Crippen LogP contribution in [0.2, 0.25) is 5.02 Å². The SMILES string of the molecule is CC1(NC(=O)c2cccc(Oc3ccc(Nc4ncnc5ccn(CCO)c45)cc3Cl)c2)CCCCC1. The van der Waals surface area contributed by atoms with Crippen molar-refractivity contribution in [3.63, 3.8) is 0 Å². The quantitative estimate of drug-likeness (QED) is 0.261. The Kier molecular flexibility index (Phi) is 7.30. The van der Waals surface area contributed by atoms with Crippen molar-refractivity contribution in [1.29, 1.82) is 0 Å². The van der Waals surface area contributed by atoms with Gasteiger partial charge in [-0.05, 0) is 62.2 Å². The van der Waals surface area contributed by atoms with E-state index in [9.17, 15) is 9.90 Å². The van der Waals surface area contributed by atoms with E-state index >= 15 is 0 Å². The number of rotatable bonds is 8.